The van der Waals surface area contributed by atoms with Gasteiger partial charge in [-0.15, -0.1) is 0 Å². The molecule has 24 heavy (non-hydrogen) atoms. The Morgan fingerprint density at radius 3 is 2.71 bits per heavy atom. The van der Waals surface area contributed by atoms with Gasteiger partial charge in [0.05, 0.1) is 19.2 Å². The third-order valence-electron chi connectivity index (χ3n) is 3.62. The molecule has 0 fully saturated rings. The third kappa shape index (κ3) is 4.84. The largest absolute Gasteiger partial charge is 0.504 e. The van der Waals surface area contributed by atoms with Crippen molar-refractivity contribution in [2.24, 2.45) is 5.10 Å². The minimum absolute atomic E-state index is 0.0766. The highest BCUT2D eigenvalue weighted by molar-refractivity contribution is 5.84. The zero-order chi connectivity index (χ0) is 17.5. The Balaban J connectivity index is 1.94. The summed E-state index contributed by atoms with van der Waals surface area (Å²) in [6, 6.07) is 10.8. The normalized spacial score (nSPS) is 10.8. The fourth-order valence-corrected chi connectivity index (χ4v) is 2.20. The number of phenolic OH excluding ortho intramolecular Hbond substituents is 1. The molecule has 0 radical (unpaired) electrons. The van der Waals surface area contributed by atoms with Crippen LogP contribution in [0.4, 0.5) is 0 Å². The molecular weight excluding hydrogens is 304 g/mol. The molecule has 0 aliphatic rings. The molecule has 2 rings (SSSR count). The maximum atomic E-state index is 11.9. The van der Waals surface area contributed by atoms with Crippen molar-refractivity contribution in [1.82, 2.24) is 5.43 Å². The van der Waals surface area contributed by atoms with Gasteiger partial charge in [0, 0.05) is 0 Å². The first-order valence-corrected chi connectivity index (χ1v) is 7.83. The molecule has 0 saturated heterocycles. The summed E-state index contributed by atoms with van der Waals surface area (Å²) in [7, 11) is 0. The van der Waals surface area contributed by atoms with Crippen molar-refractivity contribution in [3.8, 4) is 11.5 Å². The molecule has 0 unspecified atom stereocenters. The number of phenols is 1. The molecular formula is C19H22N2O3. The lowest BCUT2D eigenvalue weighted by Gasteiger charge is -2.06. The Labute approximate surface area is 142 Å². The first-order chi connectivity index (χ1) is 11.5. The van der Waals surface area contributed by atoms with Crippen molar-refractivity contribution in [3.63, 3.8) is 0 Å². The number of nitrogens with one attached hydrogen (secondary N) is 1. The van der Waals surface area contributed by atoms with Gasteiger partial charge in [-0.05, 0) is 61.2 Å². The number of amides is 1. The van der Waals surface area contributed by atoms with Crippen molar-refractivity contribution in [2.45, 2.75) is 27.2 Å². The zero-order valence-electron chi connectivity index (χ0n) is 14.2. The molecule has 0 saturated carbocycles. The quantitative estimate of drug-likeness (QED) is 0.633. The Morgan fingerprint density at radius 2 is 2.00 bits per heavy atom. The molecule has 0 spiro atoms. The van der Waals surface area contributed by atoms with Crippen LogP contribution < -0.4 is 10.2 Å². The number of carbonyl (C=O) groups is 1. The van der Waals surface area contributed by atoms with Crippen molar-refractivity contribution in [3.05, 3.63) is 58.7 Å². The summed E-state index contributed by atoms with van der Waals surface area (Å²) in [5.74, 6) is 0.286. The average molecular weight is 326 g/mol. The Hall–Kier alpha value is -2.82. The Bertz CT molecular complexity index is 754. The van der Waals surface area contributed by atoms with Crippen LogP contribution in [-0.2, 0) is 11.2 Å². The molecule has 0 aliphatic heterocycles. The number of rotatable bonds is 6. The molecule has 0 atom stereocenters. The summed E-state index contributed by atoms with van der Waals surface area (Å²) in [5, 5.41) is 13.6. The molecule has 0 bridgehead atoms. The van der Waals surface area contributed by atoms with Gasteiger partial charge in [0.25, 0.3) is 0 Å². The molecule has 0 aromatic heterocycles. The highest BCUT2D eigenvalue weighted by Gasteiger charge is 2.04. The number of hydrogen-bond donors (Lipinski definition) is 2. The molecule has 5 heteroatoms. The minimum atomic E-state index is -0.182. The number of carbonyl (C=O) groups excluding carboxylic acids is 1. The summed E-state index contributed by atoms with van der Waals surface area (Å²) < 4.78 is 5.31. The van der Waals surface area contributed by atoms with E-state index < -0.39 is 0 Å². The van der Waals surface area contributed by atoms with Crippen molar-refractivity contribution >= 4 is 12.1 Å². The van der Waals surface area contributed by atoms with Crippen LogP contribution in [0, 0.1) is 13.8 Å². The molecule has 0 heterocycles. The van der Waals surface area contributed by atoms with Crippen LogP contribution >= 0.6 is 0 Å². The van der Waals surface area contributed by atoms with Crippen LogP contribution in [-0.4, -0.2) is 23.8 Å². The van der Waals surface area contributed by atoms with E-state index in [-0.39, 0.29) is 18.1 Å². The van der Waals surface area contributed by atoms with Gasteiger partial charge in [-0.1, -0.05) is 18.2 Å². The van der Waals surface area contributed by atoms with E-state index in [4.69, 9.17) is 4.74 Å². The first kappa shape index (κ1) is 17.5. The van der Waals surface area contributed by atoms with Crippen LogP contribution in [0.1, 0.15) is 29.2 Å². The topological polar surface area (TPSA) is 70.9 Å². The predicted octanol–water partition coefficient (Wildman–Crippen LogP) is 3.10. The van der Waals surface area contributed by atoms with Crippen molar-refractivity contribution in [2.75, 3.05) is 6.61 Å². The van der Waals surface area contributed by atoms with Gasteiger partial charge >= 0.3 is 0 Å². The van der Waals surface area contributed by atoms with Crippen LogP contribution in [0.3, 0.4) is 0 Å². The van der Waals surface area contributed by atoms with E-state index >= 15 is 0 Å². The van der Waals surface area contributed by atoms with Crippen LogP contribution in [0.5, 0.6) is 11.5 Å². The highest BCUT2D eigenvalue weighted by Crippen LogP contribution is 2.26. The van der Waals surface area contributed by atoms with E-state index in [1.165, 1.54) is 17.8 Å². The maximum Gasteiger partial charge on any atom is 0.244 e. The summed E-state index contributed by atoms with van der Waals surface area (Å²) >= 11 is 0. The van der Waals surface area contributed by atoms with Gasteiger partial charge in [0.1, 0.15) is 0 Å². The molecule has 0 aliphatic carbocycles. The maximum absolute atomic E-state index is 11.9. The molecule has 2 aromatic carbocycles. The summed E-state index contributed by atoms with van der Waals surface area (Å²) in [5.41, 5.74) is 6.55. The lowest BCUT2D eigenvalue weighted by atomic mass is 10.0. The second-order valence-electron chi connectivity index (χ2n) is 5.55. The summed E-state index contributed by atoms with van der Waals surface area (Å²) in [6.45, 7) is 6.36. The lowest BCUT2D eigenvalue weighted by Crippen LogP contribution is -2.19. The molecule has 5 nitrogen and oxygen atoms in total. The number of hydrogen-bond acceptors (Lipinski definition) is 4. The molecule has 1 amide bonds. The second kappa shape index (κ2) is 8.15. The second-order valence-corrected chi connectivity index (χ2v) is 5.55. The van der Waals surface area contributed by atoms with E-state index in [0.29, 0.717) is 12.4 Å². The van der Waals surface area contributed by atoms with Gasteiger partial charge in [-0.2, -0.15) is 5.10 Å². The monoisotopic (exact) mass is 326 g/mol. The summed E-state index contributed by atoms with van der Waals surface area (Å²) in [4.78, 5) is 11.9. The lowest BCUT2D eigenvalue weighted by molar-refractivity contribution is -0.120. The zero-order valence-corrected chi connectivity index (χ0v) is 14.2. The Morgan fingerprint density at radius 1 is 1.21 bits per heavy atom. The van der Waals surface area contributed by atoms with E-state index in [1.54, 1.807) is 12.1 Å². The van der Waals surface area contributed by atoms with E-state index in [2.05, 4.69) is 10.5 Å². The standard InChI is InChI=1S/C19H22N2O3/c1-4-24-18-10-16(7-8-17(18)22)12-20-21-19(23)11-15-6-5-13(2)14(3)9-15/h5-10,12,22H,4,11H2,1-3H3,(H,21,23). The summed E-state index contributed by atoms with van der Waals surface area (Å²) in [6.07, 6.45) is 1.79. The highest BCUT2D eigenvalue weighted by atomic mass is 16.5. The number of nitrogens with zero attached hydrogens (tertiary/aromatic N) is 1. The number of aromatic hydroxyl groups is 1. The van der Waals surface area contributed by atoms with Crippen molar-refractivity contribution in [1.29, 1.82) is 0 Å². The van der Waals surface area contributed by atoms with E-state index in [9.17, 15) is 9.90 Å². The van der Waals surface area contributed by atoms with Gasteiger partial charge in [-0.25, -0.2) is 5.43 Å². The van der Waals surface area contributed by atoms with Crippen LogP contribution in [0.15, 0.2) is 41.5 Å². The fraction of sp³-hybridized carbons (Fsp3) is 0.263. The Kier molecular flexibility index (Phi) is 5.95. The minimum Gasteiger partial charge on any atom is -0.504 e. The fourth-order valence-electron chi connectivity index (χ4n) is 2.20. The van der Waals surface area contributed by atoms with Gasteiger partial charge in [0.15, 0.2) is 11.5 Å². The van der Waals surface area contributed by atoms with Gasteiger partial charge in [0.2, 0.25) is 5.91 Å². The number of ether oxygens (including phenoxy) is 1. The van der Waals surface area contributed by atoms with Gasteiger partial charge < -0.3 is 9.84 Å². The third-order valence-corrected chi connectivity index (χ3v) is 3.62. The smallest absolute Gasteiger partial charge is 0.244 e. The number of hydrazone groups is 1. The molecule has 2 aromatic rings. The molecule has 2 N–H and O–H groups in total. The van der Waals surface area contributed by atoms with E-state index in [1.807, 2.05) is 39.0 Å². The van der Waals surface area contributed by atoms with Crippen molar-refractivity contribution < 1.29 is 14.6 Å². The number of benzene rings is 2. The molecule has 126 valence electrons. The average Bonchev–Trinajstić information content (AvgIpc) is 2.54. The van der Waals surface area contributed by atoms with Crippen LogP contribution in [0.25, 0.3) is 0 Å². The SMILES string of the molecule is CCOc1cc(C=NNC(=O)Cc2ccc(C)c(C)c2)ccc1O. The van der Waals surface area contributed by atoms with Gasteiger partial charge in [-0.3, -0.25) is 4.79 Å². The predicted molar refractivity (Wildman–Crippen MR) is 94.6 cm³/mol. The van der Waals surface area contributed by atoms with E-state index in [0.717, 1.165) is 16.7 Å². The first-order valence-electron chi connectivity index (χ1n) is 7.83. The van der Waals surface area contributed by atoms with Crippen LogP contribution in [0.2, 0.25) is 0 Å². The number of aryl methyl sites for hydroxylation is 2.